The third kappa shape index (κ3) is 6.56. The molecule has 1 heterocycles. The van der Waals surface area contributed by atoms with E-state index < -0.39 is 0 Å². The van der Waals surface area contributed by atoms with Gasteiger partial charge in [0.1, 0.15) is 10.9 Å². The Balaban J connectivity index is 2.05. The zero-order valence-electron chi connectivity index (χ0n) is 15.8. The molecule has 0 unspecified atom stereocenters. The first-order valence-electron chi connectivity index (χ1n) is 8.86. The lowest BCUT2D eigenvalue weighted by atomic mass is 10.1. The molecule has 2 N–H and O–H groups in total. The highest BCUT2D eigenvalue weighted by Gasteiger charge is 2.07. The summed E-state index contributed by atoms with van der Waals surface area (Å²) in [7, 11) is 0. The first-order valence-corrected chi connectivity index (χ1v) is 9.24. The minimum absolute atomic E-state index is 0.134. The van der Waals surface area contributed by atoms with Crippen molar-refractivity contribution < 1.29 is 4.74 Å². The molecule has 0 fully saturated rings. The van der Waals surface area contributed by atoms with Gasteiger partial charge in [-0.2, -0.15) is 0 Å². The zero-order chi connectivity index (χ0) is 18.9. The molecule has 1 aromatic carbocycles. The van der Waals surface area contributed by atoms with Crippen LogP contribution in [0.2, 0.25) is 5.15 Å². The summed E-state index contributed by atoms with van der Waals surface area (Å²) in [6.07, 6.45) is 1.87. The highest BCUT2D eigenvalue weighted by atomic mass is 35.5. The van der Waals surface area contributed by atoms with Gasteiger partial charge in [-0.25, -0.2) is 9.98 Å². The van der Waals surface area contributed by atoms with Gasteiger partial charge in [0.15, 0.2) is 5.96 Å². The van der Waals surface area contributed by atoms with Crippen molar-refractivity contribution in [3.63, 3.8) is 0 Å². The maximum absolute atomic E-state index is 5.94. The SMILES string of the molecule is CCNC(=NCc1ccc(Cl)nc1)NCc1ccc(C)cc1OC(C)C. The lowest BCUT2D eigenvalue weighted by Gasteiger charge is -2.17. The Bertz CT molecular complexity index is 729. The highest BCUT2D eigenvalue weighted by molar-refractivity contribution is 6.29. The second kappa shape index (κ2) is 10.0. The van der Waals surface area contributed by atoms with Gasteiger partial charge in [-0.05, 0) is 51.0 Å². The third-order valence-electron chi connectivity index (χ3n) is 3.58. The van der Waals surface area contributed by atoms with Crippen molar-refractivity contribution in [2.45, 2.75) is 46.9 Å². The van der Waals surface area contributed by atoms with E-state index in [4.69, 9.17) is 16.3 Å². The lowest BCUT2D eigenvalue weighted by molar-refractivity contribution is 0.239. The number of aliphatic imine (C=N–C) groups is 1. The van der Waals surface area contributed by atoms with Crippen molar-refractivity contribution in [3.8, 4) is 5.75 Å². The minimum atomic E-state index is 0.134. The summed E-state index contributed by atoms with van der Waals surface area (Å²) >= 11 is 5.82. The van der Waals surface area contributed by atoms with Crippen LogP contribution < -0.4 is 15.4 Å². The zero-order valence-corrected chi connectivity index (χ0v) is 16.6. The molecule has 0 aliphatic rings. The normalized spacial score (nSPS) is 11.5. The van der Waals surface area contributed by atoms with Crippen molar-refractivity contribution in [3.05, 3.63) is 58.4 Å². The fraction of sp³-hybridized carbons (Fsp3) is 0.400. The minimum Gasteiger partial charge on any atom is -0.491 e. The molecule has 6 heteroatoms. The number of hydrogen-bond donors (Lipinski definition) is 2. The number of pyridine rings is 1. The van der Waals surface area contributed by atoms with Crippen LogP contribution in [0.4, 0.5) is 0 Å². The first-order chi connectivity index (χ1) is 12.5. The number of halogens is 1. The van der Waals surface area contributed by atoms with E-state index in [2.05, 4.69) is 45.7 Å². The van der Waals surface area contributed by atoms with Gasteiger partial charge in [-0.3, -0.25) is 0 Å². The van der Waals surface area contributed by atoms with Crippen LogP contribution in [0.25, 0.3) is 0 Å². The molecule has 0 bridgehead atoms. The van der Waals surface area contributed by atoms with Crippen LogP contribution in [-0.2, 0) is 13.1 Å². The summed E-state index contributed by atoms with van der Waals surface area (Å²) in [6.45, 7) is 10.1. The van der Waals surface area contributed by atoms with Gasteiger partial charge in [-0.15, -0.1) is 0 Å². The van der Waals surface area contributed by atoms with Gasteiger partial charge in [0.25, 0.3) is 0 Å². The molecule has 0 aliphatic carbocycles. The summed E-state index contributed by atoms with van der Waals surface area (Å²) in [5.74, 6) is 1.66. The molecule has 2 aromatic rings. The predicted octanol–water partition coefficient (Wildman–Crippen LogP) is 4.09. The second-order valence-electron chi connectivity index (χ2n) is 6.32. The summed E-state index contributed by atoms with van der Waals surface area (Å²) < 4.78 is 5.94. The molecule has 1 aromatic heterocycles. The van der Waals surface area contributed by atoms with Gasteiger partial charge in [0.05, 0.1) is 12.6 Å². The van der Waals surface area contributed by atoms with Gasteiger partial charge < -0.3 is 15.4 Å². The van der Waals surface area contributed by atoms with Crippen molar-refractivity contribution in [2.75, 3.05) is 6.54 Å². The molecule has 26 heavy (non-hydrogen) atoms. The van der Waals surface area contributed by atoms with Gasteiger partial charge >= 0.3 is 0 Å². The Labute approximate surface area is 160 Å². The molecule has 0 spiro atoms. The first kappa shape index (κ1) is 20.0. The summed E-state index contributed by atoms with van der Waals surface area (Å²) in [5, 5.41) is 7.11. The van der Waals surface area contributed by atoms with Crippen molar-refractivity contribution >= 4 is 17.6 Å². The number of aryl methyl sites for hydroxylation is 1. The molecule has 0 saturated carbocycles. The molecular weight excluding hydrogens is 348 g/mol. The van der Waals surface area contributed by atoms with Gasteiger partial charge in [0, 0.05) is 24.8 Å². The van der Waals surface area contributed by atoms with Crippen LogP contribution in [0, 0.1) is 6.92 Å². The fourth-order valence-corrected chi connectivity index (χ4v) is 2.47. The van der Waals surface area contributed by atoms with Crippen LogP contribution in [0.15, 0.2) is 41.5 Å². The topological polar surface area (TPSA) is 58.5 Å². The maximum Gasteiger partial charge on any atom is 0.191 e. The Kier molecular flexibility index (Phi) is 7.73. The lowest BCUT2D eigenvalue weighted by Crippen LogP contribution is -2.36. The largest absolute Gasteiger partial charge is 0.491 e. The average molecular weight is 375 g/mol. The fourth-order valence-electron chi connectivity index (χ4n) is 2.36. The molecule has 0 radical (unpaired) electrons. The number of ether oxygens (including phenoxy) is 1. The summed E-state index contributed by atoms with van der Waals surface area (Å²) in [6, 6.07) is 9.95. The van der Waals surface area contributed by atoms with Crippen LogP contribution in [0.1, 0.15) is 37.5 Å². The number of aromatic nitrogens is 1. The summed E-state index contributed by atoms with van der Waals surface area (Å²) in [5.41, 5.74) is 3.29. The van der Waals surface area contributed by atoms with E-state index in [1.54, 1.807) is 12.3 Å². The Morgan fingerprint density at radius 3 is 2.69 bits per heavy atom. The molecule has 0 atom stereocenters. The van der Waals surface area contributed by atoms with E-state index in [1.165, 1.54) is 5.56 Å². The Morgan fingerprint density at radius 2 is 2.04 bits per heavy atom. The van der Waals surface area contributed by atoms with Crippen LogP contribution in [0.3, 0.4) is 0 Å². The Morgan fingerprint density at radius 1 is 1.23 bits per heavy atom. The molecule has 0 amide bonds. The van der Waals surface area contributed by atoms with Crippen LogP contribution >= 0.6 is 11.6 Å². The Hall–Kier alpha value is -2.27. The van der Waals surface area contributed by atoms with Crippen molar-refractivity contribution in [1.29, 1.82) is 0 Å². The number of nitrogens with zero attached hydrogens (tertiary/aromatic N) is 2. The molecule has 140 valence electrons. The number of nitrogens with one attached hydrogen (secondary N) is 2. The molecular formula is C20H27ClN4O. The van der Waals surface area contributed by atoms with E-state index in [9.17, 15) is 0 Å². The average Bonchev–Trinajstić information content (AvgIpc) is 2.59. The van der Waals surface area contributed by atoms with E-state index in [0.717, 1.165) is 29.4 Å². The number of rotatable bonds is 7. The maximum atomic E-state index is 5.94. The highest BCUT2D eigenvalue weighted by Crippen LogP contribution is 2.21. The predicted molar refractivity (Wildman–Crippen MR) is 108 cm³/mol. The number of benzene rings is 1. The van der Waals surface area contributed by atoms with Crippen molar-refractivity contribution in [2.24, 2.45) is 4.99 Å². The quantitative estimate of drug-likeness (QED) is 0.435. The van der Waals surface area contributed by atoms with E-state index in [-0.39, 0.29) is 6.10 Å². The monoisotopic (exact) mass is 374 g/mol. The van der Waals surface area contributed by atoms with Crippen molar-refractivity contribution in [1.82, 2.24) is 15.6 Å². The molecule has 5 nitrogen and oxygen atoms in total. The van der Waals surface area contributed by atoms with Crippen LogP contribution in [-0.4, -0.2) is 23.6 Å². The molecule has 0 aliphatic heterocycles. The number of hydrogen-bond acceptors (Lipinski definition) is 3. The van der Waals surface area contributed by atoms with Crippen LogP contribution in [0.5, 0.6) is 5.75 Å². The smallest absolute Gasteiger partial charge is 0.191 e. The standard InChI is InChI=1S/C20H27ClN4O/c1-5-22-20(24-12-16-7-9-19(21)23-11-16)25-13-17-8-6-15(4)10-18(17)26-14(2)3/h6-11,14H,5,12-13H2,1-4H3,(H2,22,24,25). The molecule has 2 rings (SSSR count). The van der Waals surface area contributed by atoms with Gasteiger partial charge in [0.2, 0.25) is 0 Å². The summed E-state index contributed by atoms with van der Waals surface area (Å²) in [4.78, 5) is 8.69. The second-order valence-corrected chi connectivity index (χ2v) is 6.70. The van der Waals surface area contributed by atoms with E-state index >= 15 is 0 Å². The van der Waals surface area contributed by atoms with Gasteiger partial charge in [-0.1, -0.05) is 29.8 Å². The number of guanidine groups is 1. The van der Waals surface area contributed by atoms with E-state index in [1.807, 2.05) is 26.8 Å². The third-order valence-corrected chi connectivity index (χ3v) is 3.81. The molecule has 0 saturated heterocycles. The van der Waals surface area contributed by atoms with E-state index in [0.29, 0.717) is 18.2 Å².